The van der Waals surface area contributed by atoms with Crippen molar-refractivity contribution in [1.29, 1.82) is 0 Å². The van der Waals surface area contributed by atoms with Crippen LogP contribution in [0.4, 0.5) is 0 Å². The molecule has 1 aliphatic rings. The zero-order chi connectivity index (χ0) is 13.6. The molecule has 106 valence electrons. The van der Waals surface area contributed by atoms with Crippen LogP contribution in [0.2, 0.25) is 0 Å². The van der Waals surface area contributed by atoms with Gasteiger partial charge in [0.1, 0.15) is 0 Å². The Hall–Kier alpha value is -0.660. The average molecular weight is 278 g/mol. The topological polar surface area (TPSA) is 75.7 Å². The van der Waals surface area contributed by atoms with Crippen LogP contribution < -0.4 is 5.32 Å². The molecule has 0 atom stereocenters. The average Bonchev–Trinajstić information content (AvgIpc) is 3.07. The fourth-order valence-corrected chi connectivity index (χ4v) is 2.90. The fraction of sp³-hybridized carbons (Fsp3) is 0.909. The summed E-state index contributed by atoms with van der Waals surface area (Å²) in [6, 6.07) is 0.112. The Balaban J connectivity index is 2.23. The molecular weight excluding hydrogens is 256 g/mol. The first kappa shape index (κ1) is 15.4. The summed E-state index contributed by atoms with van der Waals surface area (Å²) in [6.45, 7) is 1.45. The van der Waals surface area contributed by atoms with E-state index < -0.39 is 10.0 Å². The predicted molar refractivity (Wildman–Crippen MR) is 68.7 cm³/mol. The van der Waals surface area contributed by atoms with Gasteiger partial charge in [-0.3, -0.25) is 4.79 Å². The van der Waals surface area contributed by atoms with Crippen LogP contribution in [-0.2, 0) is 19.6 Å². The summed E-state index contributed by atoms with van der Waals surface area (Å²) in [5.41, 5.74) is 0. The Morgan fingerprint density at radius 3 is 2.61 bits per heavy atom. The third-order valence-electron chi connectivity index (χ3n) is 2.79. The van der Waals surface area contributed by atoms with E-state index in [2.05, 4.69) is 5.32 Å². The number of carbonyl (C=O) groups excluding carboxylic acids is 1. The molecule has 0 aliphatic heterocycles. The van der Waals surface area contributed by atoms with Gasteiger partial charge in [0.15, 0.2) is 0 Å². The number of ether oxygens (including phenoxy) is 1. The lowest BCUT2D eigenvalue weighted by atomic mass is 10.3. The molecule has 0 unspecified atom stereocenters. The lowest BCUT2D eigenvalue weighted by molar-refractivity contribution is -0.121. The smallest absolute Gasteiger partial charge is 0.221 e. The number of amides is 1. The molecule has 1 aliphatic carbocycles. The third-order valence-corrected chi connectivity index (χ3v) is 4.12. The molecule has 0 saturated heterocycles. The lowest BCUT2D eigenvalue weighted by Gasteiger charge is -2.18. The van der Waals surface area contributed by atoms with Crippen molar-refractivity contribution in [3.05, 3.63) is 0 Å². The third kappa shape index (κ3) is 5.79. The van der Waals surface area contributed by atoms with E-state index in [1.165, 1.54) is 10.6 Å². The zero-order valence-electron chi connectivity index (χ0n) is 11.0. The lowest BCUT2D eigenvalue weighted by Crippen LogP contribution is -2.36. The highest BCUT2D eigenvalue weighted by Gasteiger charge is 2.34. The Kier molecular flexibility index (Phi) is 6.04. The molecule has 0 spiro atoms. The van der Waals surface area contributed by atoms with E-state index in [0.29, 0.717) is 13.2 Å². The molecule has 0 aromatic carbocycles. The van der Waals surface area contributed by atoms with Crippen molar-refractivity contribution >= 4 is 15.9 Å². The van der Waals surface area contributed by atoms with Gasteiger partial charge < -0.3 is 10.1 Å². The highest BCUT2D eigenvalue weighted by atomic mass is 32.2. The summed E-state index contributed by atoms with van der Waals surface area (Å²) in [4.78, 5) is 11.5. The highest BCUT2D eigenvalue weighted by Crippen LogP contribution is 2.28. The second-order valence-electron chi connectivity index (χ2n) is 4.55. The quantitative estimate of drug-likeness (QED) is 0.600. The number of carbonyl (C=O) groups is 1. The maximum atomic E-state index is 11.5. The molecule has 1 rings (SSSR count). The Morgan fingerprint density at radius 1 is 1.44 bits per heavy atom. The van der Waals surface area contributed by atoms with Gasteiger partial charge in [0.05, 0.1) is 6.26 Å². The van der Waals surface area contributed by atoms with E-state index in [9.17, 15) is 13.2 Å². The zero-order valence-corrected chi connectivity index (χ0v) is 11.8. The summed E-state index contributed by atoms with van der Waals surface area (Å²) in [7, 11) is -1.58. The molecule has 0 aromatic rings. The number of nitrogens with one attached hydrogen (secondary N) is 1. The first-order valence-corrected chi connectivity index (χ1v) is 8.02. The van der Waals surface area contributed by atoms with Gasteiger partial charge in [-0.25, -0.2) is 8.42 Å². The molecule has 7 heteroatoms. The monoisotopic (exact) mass is 278 g/mol. The van der Waals surface area contributed by atoms with E-state index in [4.69, 9.17) is 4.74 Å². The predicted octanol–water partition coefficient (Wildman–Crippen LogP) is -0.0468. The fourth-order valence-electron chi connectivity index (χ4n) is 1.73. The maximum absolute atomic E-state index is 11.5. The van der Waals surface area contributed by atoms with Gasteiger partial charge in [0.25, 0.3) is 0 Å². The molecule has 0 radical (unpaired) electrons. The van der Waals surface area contributed by atoms with Gasteiger partial charge in [-0.1, -0.05) is 0 Å². The minimum absolute atomic E-state index is 0.111. The molecule has 0 bridgehead atoms. The van der Waals surface area contributed by atoms with Crippen molar-refractivity contribution in [1.82, 2.24) is 9.62 Å². The van der Waals surface area contributed by atoms with E-state index in [-0.39, 0.29) is 24.9 Å². The second-order valence-corrected chi connectivity index (χ2v) is 6.49. The second kappa shape index (κ2) is 7.06. The summed E-state index contributed by atoms with van der Waals surface area (Å²) >= 11 is 0. The standard InChI is InChI=1S/C11H22N2O4S/c1-17-9-3-7-12-11(14)6-8-13(10-4-5-10)18(2,15)16/h10H,3-9H2,1-2H3,(H,12,14). The molecule has 1 N–H and O–H groups in total. The van der Waals surface area contributed by atoms with Crippen LogP contribution in [0.3, 0.4) is 0 Å². The summed E-state index contributed by atoms with van der Waals surface area (Å²) in [6.07, 6.45) is 3.99. The van der Waals surface area contributed by atoms with Gasteiger partial charge in [-0.2, -0.15) is 4.31 Å². The molecule has 6 nitrogen and oxygen atoms in total. The van der Waals surface area contributed by atoms with Gasteiger partial charge in [-0.05, 0) is 19.3 Å². The summed E-state index contributed by atoms with van der Waals surface area (Å²) < 4.78 is 29.3. The van der Waals surface area contributed by atoms with Crippen LogP contribution in [0, 0.1) is 0 Å². The van der Waals surface area contributed by atoms with Gasteiger partial charge in [-0.15, -0.1) is 0 Å². The maximum Gasteiger partial charge on any atom is 0.221 e. The Morgan fingerprint density at radius 2 is 2.11 bits per heavy atom. The summed E-state index contributed by atoms with van der Waals surface area (Å²) in [5, 5.41) is 2.74. The first-order valence-electron chi connectivity index (χ1n) is 6.17. The number of nitrogens with zero attached hydrogens (tertiary/aromatic N) is 1. The van der Waals surface area contributed by atoms with Gasteiger partial charge >= 0.3 is 0 Å². The van der Waals surface area contributed by atoms with E-state index in [1.54, 1.807) is 7.11 Å². The molecule has 1 fully saturated rings. The van der Waals surface area contributed by atoms with Crippen LogP contribution in [0.5, 0.6) is 0 Å². The normalized spacial score (nSPS) is 15.9. The van der Waals surface area contributed by atoms with Crippen molar-refractivity contribution in [2.24, 2.45) is 0 Å². The molecule has 1 saturated carbocycles. The minimum atomic E-state index is -3.19. The Labute approximate surface area is 109 Å². The highest BCUT2D eigenvalue weighted by molar-refractivity contribution is 7.88. The van der Waals surface area contributed by atoms with Crippen molar-refractivity contribution in [2.45, 2.75) is 31.7 Å². The van der Waals surface area contributed by atoms with Gasteiger partial charge in [0.2, 0.25) is 15.9 Å². The van der Waals surface area contributed by atoms with Gasteiger partial charge in [0, 0.05) is 39.3 Å². The number of hydrogen-bond acceptors (Lipinski definition) is 4. The van der Waals surface area contributed by atoms with Crippen LogP contribution in [-0.4, -0.2) is 57.7 Å². The van der Waals surface area contributed by atoms with E-state index >= 15 is 0 Å². The van der Waals surface area contributed by atoms with Crippen molar-refractivity contribution in [3.8, 4) is 0 Å². The first-order chi connectivity index (χ1) is 8.45. The molecule has 0 heterocycles. The SMILES string of the molecule is COCCCNC(=O)CCN(C1CC1)S(C)(=O)=O. The van der Waals surface area contributed by atoms with Crippen molar-refractivity contribution in [3.63, 3.8) is 0 Å². The van der Waals surface area contributed by atoms with Crippen molar-refractivity contribution in [2.75, 3.05) is 33.1 Å². The molecule has 1 amide bonds. The van der Waals surface area contributed by atoms with Crippen LogP contribution >= 0.6 is 0 Å². The summed E-state index contributed by atoms with van der Waals surface area (Å²) in [5.74, 6) is -0.111. The van der Waals surface area contributed by atoms with Crippen LogP contribution in [0.25, 0.3) is 0 Å². The number of hydrogen-bond donors (Lipinski definition) is 1. The largest absolute Gasteiger partial charge is 0.385 e. The molecular formula is C11H22N2O4S. The minimum Gasteiger partial charge on any atom is -0.385 e. The Bertz CT molecular complexity index is 365. The molecule has 0 aromatic heterocycles. The number of rotatable bonds is 9. The number of sulfonamides is 1. The van der Waals surface area contributed by atoms with Crippen LogP contribution in [0.1, 0.15) is 25.7 Å². The van der Waals surface area contributed by atoms with Crippen molar-refractivity contribution < 1.29 is 17.9 Å². The van der Waals surface area contributed by atoms with E-state index in [1.807, 2.05) is 0 Å². The van der Waals surface area contributed by atoms with Crippen LogP contribution in [0.15, 0.2) is 0 Å². The molecule has 18 heavy (non-hydrogen) atoms. The number of methoxy groups -OCH3 is 1. The van der Waals surface area contributed by atoms with E-state index in [0.717, 1.165) is 19.3 Å².